The Hall–Kier alpha value is -2.16. The van der Waals surface area contributed by atoms with Gasteiger partial charge in [0, 0.05) is 6.07 Å². The summed E-state index contributed by atoms with van der Waals surface area (Å²) in [5.74, 6) is -0.517. The van der Waals surface area contributed by atoms with E-state index in [1.165, 1.54) is 12.1 Å². The van der Waals surface area contributed by atoms with Gasteiger partial charge in [-0.15, -0.1) is 0 Å². The Morgan fingerprint density at radius 1 is 1.30 bits per heavy atom. The summed E-state index contributed by atoms with van der Waals surface area (Å²) in [6.07, 6.45) is 0. The van der Waals surface area contributed by atoms with Gasteiger partial charge < -0.3 is 4.98 Å². The molecule has 3 aromatic rings. The van der Waals surface area contributed by atoms with Crippen LogP contribution in [-0.4, -0.2) is 9.55 Å². The standard InChI is InChI=1S/C14H7ClFN3S/c15-9-5-13-11(6-10(9)16)18-14(20)19(13)12-4-2-1-3-8(12)7-17/h1-6H,(H,18,20). The second-order valence-electron chi connectivity index (χ2n) is 4.18. The number of imidazole rings is 1. The third kappa shape index (κ3) is 1.90. The molecule has 1 heterocycles. The first-order valence-electron chi connectivity index (χ1n) is 5.71. The minimum atomic E-state index is -0.517. The first-order valence-corrected chi connectivity index (χ1v) is 6.49. The molecule has 0 bridgehead atoms. The monoisotopic (exact) mass is 303 g/mol. The number of fused-ring (bicyclic) bond motifs is 1. The average Bonchev–Trinajstić information content (AvgIpc) is 2.74. The molecule has 0 aliphatic carbocycles. The smallest absolute Gasteiger partial charge is 0.182 e. The molecule has 98 valence electrons. The van der Waals surface area contributed by atoms with E-state index in [1.54, 1.807) is 22.8 Å². The lowest BCUT2D eigenvalue weighted by atomic mass is 10.2. The summed E-state index contributed by atoms with van der Waals surface area (Å²) in [6, 6.07) is 11.9. The van der Waals surface area contributed by atoms with Gasteiger partial charge >= 0.3 is 0 Å². The van der Waals surface area contributed by atoms with Crippen molar-refractivity contribution in [2.75, 3.05) is 0 Å². The summed E-state index contributed by atoms with van der Waals surface area (Å²) < 4.78 is 15.5. The van der Waals surface area contributed by atoms with Gasteiger partial charge in [0.15, 0.2) is 4.77 Å². The Morgan fingerprint density at radius 3 is 2.80 bits per heavy atom. The van der Waals surface area contributed by atoms with E-state index in [-0.39, 0.29) is 5.02 Å². The minimum Gasteiger partial charge on any atom is -0.330 e. The number of nitriles is 1. The molecule has 1 aromatic heterocycles. The maximum absolute atomic E-state index is 13.5. The highest BCUT2D eigenvalue weighted by Gasteiger charge is 2.12. The SMILES string of the molecule is N#Cc1ccccc1-n1c(=S)[nH]c2cc(F)c(Cl)cc21. The average molecular weight is 304 g/mol. The van der Waals surface area contributed by atoms with Crippen LogP contribution in [0.1, 0.15) is 5.56 Å². The van der Waals surface area contributed by atoms with Gasteiger partial charge in [0.1, 0.15) is 11.9 Å². The minimum absolute atomic E-state index is 0.00897. The van der Waals surface area contributed by atoms with E-state index in [0.717, 1.165) is 0 Å². The molecule has 0 unspecified atom stereocenters. The molecule has 0 spiro atoms. The number of aromatic amines is 1. The fourth-order valence-corrected chi connectivity index (χ4v) is 2.57. The van der Waals surface area contributed by atoms with Crippen molar-refractivity contribution in [2.24, 2.45) is 0 Å². The lowest BCUT2D eigenvalue weighted by Gasteiger charge is -2.06. The van der Waals surface area contributed by atoms with Gasteiger partial charge in [-0.2, -0.15) is 5.26 Å². The largest absolute Gasteiger partial charge is 0.330 e. The highest BCUT2D eigenvalue weighted by atomic mass is 35.5. The number of benzene rings is 2. The molecular formula is C14H7ClFN3S. The number of hydrogen-bond donors (Lipinski definition) is 1. The number of nitrogens with one attached hydrogen (secondary N) is 1. The van der Waals surface area contributed by atoms with E-state index >= 15 is 0 Å². The molecule has 0 aliphatic heterocycles. The number of H-pyrrole nitrogens is 1. The fourth-order valence-electron chi connectivity index (χ4n) is 2.10. The van der Waals surface area contributed by atoms with Crippen LogP contribution in [0, 0.1) is 21.9 Å². The van der Waals surface area contributed by atoms with Crippen LogP contribution in [0.3, 0.4) is 0 Å². The van der Waals surface area contributed by atoms with Crippen LogP contribution >= 0.6 is 23.8 Å². The van der Waals surface area contributed by atoms with Gasteiger partial charge in [-0.1, -0.05) is 23.7 Å². The maximum atomic E-state index is 13.5. The van der Waals surface area contributed by atoms with Crippen molar-refractivity contribution in [3.8, 4) is 11.8 Å². The van der Waals surface area contributed by atoms with Crippen molar-refractivity contribution >= 4 is 34.9 Å². The maximum Gasteiger partial charge on any atom is 0.182 e. The van der Waals surface area contributed by atoms with E-state index in [4.69, 9.17) is 23.8 Å². The van der Waals surface area contributed by atoms with E-state index in [9.17, 15) is 9.65 Å². The molecular weight excluding hydrogens is 297 g/mol. The third-order valence-corrected chi connectivity index (χ3v) is 3.56. The summed E-state index contributed by atoms with van der Waals surface area (Å²) >= 11 is 11.1. The number of halogens is 2. The van der Waals surface area contributed by atoms with Gasteiger partial charge in [-0.3, -0.25) is 4.57 Å². The van der Waals surface area contributed by atoms with Crippen LogP contribution in [0.25, 0.3) is 16.7 Å². The van der Waals surface area contributed by atoms with Crippen molar-refractivity contribution < 1.29 is 4.39 Å². The molecule has 0 saturated carbocycles. The van der Waals surface area contributed by atoms with Crippen LogP contribution in [0.15, 0.2) is 36.4 Å². The molecule has 0 amide bonds. The quantitative estimate of drug-likeness (QED) is 0.679. The highest BCUT2D eigenvalue weighted by Crippen LogP contribution is 2.26. The Balaban J connectivity index is 2.43. The first kappa shape index (κ1) is 12.9. The predicted octanol–water partition coefficient (Wildman–Crippen LogP) is 4.35. The lowest BCUT2D eigenvalue weighted by Crippen LogP contribution is -1.97. The van der Waals surface area contributed by atoms with Crippen LogP contribution in [0.5, 0.6) is 0 Å². The zero-order valence-corrected chi connectivity index (χ0v) is 11.6. The Morgan fingerprint density at radius 2 is 2.05 bits per heavy atom. The zero-order chi connectivity index (χ0) is 14.3. The normalized spacial score (nSPS) is 10.7. The molecule has 0 saturated heterocycles. The van der Waals surface area contributed by atoms with E-state index in [2.05, 4.69) is 11.1 Å². The highest BCUT2D eigenvalue weighted by molar-refractivity contribution is 7.71. The second-order valence-corrected chi connectivity index (χ2v) is 4.97. The first-order chi connectivity index (χ1) is 9.61. The molecule has 6 heteroatoms. The Kier molecular flexibility index (Phi) is 3.05. The number of hydrogen-bond acceptors (Lipinski definition) is 2. The molecule has 1 N–H and O–H groups in total. The predicted molar refractivity (Wildman–Crippen MR) is 78.1 cm³/mol. The van der Waals surface area contributed by atoms with E-state index < -0.39 is 5.82 Å². The van der Waals surface area contributed by atoms with Crippen molar-refractivity contribution in [1.82, 2.24) is 9.55 Å². The third-order valence-electron chi connectivity index (χ3n) is 2.99. The van der Waals surface area contributed by atoms with Crippen molar-refractivity contribution in [3.05, 3.63) is 57.6 Å². The molecule has 20 heavy (non-hydrogen) atoms. The summed E-state index contributed by atoms with van der Waals surface area (Å²) in [4.78, 5) is 2.91. The molecule has 0 aliphatic rings. The Labute approximate surface area is 123 Å². The van der Waals surface area contributed by atoms with E-state index in [0.29, 0.717) is 27.1 Å². The molecule has 3 nitrogen and oxygen atoms in total. The van der Waals surface area contributed by atoms with Gasteiger partial charge in [0.05, 0.1) is 27.3 Å². The van der Waals surface area contributed by atoms with Gasteiger partial charge in [-0.25, -0.2) is 4.39 Å². The molecule has 3 rings (SSSR count). The van der Waals surface area contributed by atoms with Gasteiger partial charge in [0.25, 0.3) is 0 Å². The van der Waals surface area contributed by atoms with Crippen LogP contribution in [0.4, 0.5) is 4.39 Å². The number of aromatic nitrogens is 2. The number of nitrogens with zero attached hydrogens (tertiary/aromatic N) is 2. The van der Waals surface area contributed by atoms with Crippen LogP contribution in [-0.2, 0) is 0 Å². The van der Waals surface area contributed by atoms with E-state index in [1.807, 2.05) is 6.07 Å². The molecule has 0 fully saturated rings. The molecule has 2 aromatic carbocycles. The summed E-state index contributed by atoms with van der Waals surface area (Å²) in [5.41, 5.74) is 2.27. The number of para-hydroxylation sites is 1. The van der Waals surface area contributed by atoms with Gasteiger partial charge in [0.2, 0.25) is 0 Å². The van der Waals surface area contributed by atoms with Crippen molar-refractivity contribution in [1.29, 1.82) is 5.26 Å². The lowest BCUT2D eigenvalue weighted by molar-refractivity contribution is 0.630. The molecule has 0 radical (unpaired) electrons. The van der Waals surface area contributed by atoms with Crippen LogP contribution < -0.4 is 0 Å². The Bertz CT molecular complexity index is 920. The summed E-state index contributed by atoms with van der Waals surface area (Å²) in [5, 5.41) is 9.19. The number of rotatable bonds is 1. The van der Waals surface area contributed by atoms with Crippen molar-refractivity contribution in [3.63, 3.8) is 0 Å². The molecule has 0 atom stereocenters. The van der Waals surface area contributed by atoms with Crippen molar-refractivity contribution in [2.45, 2.75) is 0 Å². The van der Waals surface area contributed by atoms with Crippen LogP contribution in [0.2, 0.25) is 5.02 Å². The fraction of sp³-hybridized carbons (Fsp3) is 0. The zero-order valence-electron chi connectivity index (χ0n) is 10.0. The summed E-state index contributed by atoms with van der Waals surface area (Å²) in [6.45, 7) is 0. The van der Waals surface area contributed by atoms with Gasteiger partial charge in [-0.05, 0) is 30.4 Å². The topological polar surface area (TPSA) is 44.5 Å². The second kappa shape index (κ2) is 4.75. The summed E-state index contributed by atoms with van der Waals surface area (Å²) in [7, 11) is 0.